The van der Waals surface area contributed by atoms with Gasteiger partial charge in [0.25, 0.3) is 11.8 Å². The smallest absolute Gasteiger partial charge is 0.262 e. The lowest BCUT2D eigenvalue weighted by molar-refractivity contribution is 0.0595. The summed E-state index contributed by atoms with van der Waals surface area (Å²) in [6, 6.07) is 18.0. The maximum Gasteiger partial charge on any atom is 0.262 e. The van der Waals surface area contributed by atoms with Crippen LogP contribution in [0.4, 0.5) is 8.78 Å². The molecule has 2 aromatic heterocycles. The lowest BCUT2D eigenvalue weighted by Gasteiger charge is -2.23. The second-order valence-electron chi connectivity index (χ2n) is 9.29. The highest BCUT2D eigenvalue weighted by atomic mass is 35.5. The second-order valence-corrected chi connectivity index (χ2v) is 10.0. The summed E-state index contributed by atoms with van der Waals surface area (Å²) in [5, 5.41) is 11.2. The van der Waals surface area contributed by atoms with E-state index < -0.39 is 18.0 Å². The van der Waals surface area contributed by atoms with Gasteiger partial charge in [0.05, 0.1) is 34.3 Å². The topological polar surface area (TPSA) is 83.4 Å². The summed E-state index contributed by atoms with van der Waals surface area (Å²) in [7, 11) is 0. The van der Waals surface area contributed by atoms with Crippen molar-refractivity contribution in [3.8, 4) is 0 Å². The van der Waals surface area contributed by atoms with E-state index in [2.05, 4.69) is 9.97 Å². The Morgan fingerprint density at radius 1 is 0.725 bits per heavy atom. The van der Waals surface area contributed by atoms with Gasteiger partial charge >= 0.3 is 0 Å². The van der Waals surface area contributed by atoms with E-state index in [-0.39, 0.29) is 27.9 Å². The minimum Gasteiger partial charge on any atom is -0.389 e. The van der Waals surface area contributed by atoms with Crippen LogP contribution >= 0.6 is 23.2 Å². The Kier molecular flexibility index (Phi) is 7.51. The molecule has 3 aromatic carbocycles. The quantitative estimate of drug-likeness (QED) is 0.177. The lowest BCUT2D eigenvalue weighted by Crippen LogP contribution is -2.32. The second kappa shape index (κ2) is 10.9. The maximum absolute atomic E-state index is 13.3. The Morgan fingerprint density at radius 3 is 1.65 bits per heavy atom. The van der Waals surface area contributed by atoms with Crippen LogP contribution in [0.25, 0.3) is 21.8 Å². The molecular formula is C30H21Cl2F2N3O3. The van der Waals surface area contributed by atoms with Crippen LogP contribution in [0.2, 0.25) is 10.3 Å². The number of amides is 2. The number of halogens is 4. The predicted molar refractivity (Wildman–Crippen MR) is 149 cm³/mol. The van der Waals surface area contributed by atoms with Crippen molar-refractivity contribution in [2.45, 2.75) is 26.0 Å². The number of carbonyl (C=O) groups excluding carboxylic acids is 2. The normalized spacial score (nSPS) is 14.2. The average molecular weight is 580 g/mol. The Bertz CT molecular complexity index is 1780. The number of nitrogens with zero attached hydrogens (tertiary/aromatic N) is 3. The number of aromatic nitrogens is 2. The first-order valence-corrected chi connectivity index (χ1v) is 13.0. The van der Waals surface area contributed by atoms with Gasteiger partial charge in [-0.15, -0.1) is 0 Å². The molecule has 6 rings (SSSR count). The van der Waals surface area contributed by atoms with Gasteiger partial charge in [0.2, 0.25) is 0 Å². The average Bonchev–Trinajstić information content (AvgIpc) is 3.17. The number of carbonyl (C=O) groups is 2. The third-order valence-electron chi connectivity index (χ3n) is 6.63. The van der Waals surface area contributed by atoms with Crippen LogP contribution in [0, 0.1) is 11.6 Å². The minimum atomic E-state index is -0.681. The van der Waals surface area contributed by atoms with Crippen molar-refractivity contribution in [2.75, 3.05) is 0 Å². The van der Waals surface area contributed by atoms with E-state index in [1.807, 2.05) is 0 Å². The number of aliphatic hydroxyl groups is 1. The molecule has 0 bridgehead atoms. The van der Waals surface area contributed by atoms with Crippen LogP contribution in [0.3, 0.4) is 0 Å². The molecule has 0 saturated carbocycles. The third-order valence-corrected chi connectivity index (χ3v) is 7.24. The van der Waals surface area contributed by atoms with Gasteiger partial charge in [-0.05, 0) is 62.4 Å². The van der Waals surface area contributed by atoms with Crippen LogP contribution in [-0.2, 0) is 0 Å². The molecule has 0 unspecified atom stereocenters. The molecule has 2 atom stereocenters. The zero-order chi connectivity index (χ0) is 28.7. The molecular weight excluding hydrogens is 559 g/mol. The van der Waals surface area contributed by atoms with Gasteiger partial charge in [0.1, 0.15) is 21.9 Å². The van der Waals surface area contributed by atoms with E-state index in [1.165, 1.54) is 29.2 Å². The number of hydrogen-bond donors (Lipinski definition) is 1. The van der Waals surface area contributed by atoms with Crippen molar-refractivity contribution < 1.29 is 23.5 Å². The largest absolute Gasteiger partial charge is 0.389 e. The summed E-state index contributed by atoms with van der Waals surface area (Å²) in [6.45, 7) is 3.33. The highest BCUT2D eigenvalue weighted by Gasteiger charge is 2.39. The first-order valence-electron chi connectivity index (χ1n) is 12.2. The van der Waals surface area contributed by atoms with E-state index in [4.69, 9.17) is 23.2 Å². The van der Waals surface area contributed by atoms with E-state index in [0.29, 0.717) is 38.7 Å². The van der Waals surface area contributed by atoms with Crippen molar-refractivity contribution in [2.24, 2.45) is 0 Å². The number of benzene rings is 3. The monoisotopic (exact) mass is 579 g/mol. The van der Waals surface area contributed by atoms with Crippen LogP contribution in [-0.4, -0.2) is 31.8 Å². The molecule has 10 heteroatoms. The molecule has 40 heavy (non-hydrogen) atoms. The summed E-state index contributed by atoms with van der Waals surface area (Å²) in [5.74, 6) is -1.47. The molecule has 5 aromatic rings. The van der Waals surface area contributed by atoms with Gasteiger partial charge < -0.3 is 5.11 Å². The molecule has 0 aliphatic carbocycles. The highest BCUT2D eigenvalue weighted by molar-refractivity contribution is 6.31. The first-order chi connectivity index (χ1) is 19.0. The molecule has 2 amide bonds. The molecule has 1 aliphatic rings. The molecule has 0 spiro atoms. The minimum absolute atomic E-state index is 0.141. The van der Waals surface area contributed by atoms with Crippen LogP contribution < -0.4 is 0 Å². The van der Waals surface area contributed by atoms with Gasteiger partial charge in [-0.3, -0.25) is 14.5 Å². The van der Waals surface area contributed by atoms with Gasteiger partial charge in [-0.2, -0.15) is 0 Å². The van der Waals surface area contributed by atoms with Gasteiger partial charge in [0.15, 0.2) is 0 Å². The molecule has 6 nitrogen and oxygen atoms in total. The summed E-state index contributed by atoms with van der Waals surface area (Å²) in [5.41, 5.74) is 2.76. The van der Waals surface area contributed by atoms with Crippen LogP contribution in [0.1, 0.15) is 57.8 Å². The highest BCUT2D eigenvalue weighted by Crippen LogP contribution is 2.35. The van der Waals surface area contributed by atoms with Crippen LogP contribution in [0.15, 0.2) is 72.8 Å². The number of imide groups is 1. The van der Waals surface area contributed by atoms with Crippen molar-refractivity contribution >= 4 is 56.8 Å². The number of hydrogen-bond acceptors (Lipinski definition) is 5. The molecule has 0 fully saturated rings. The fourth-order valence-corrected chi connectivity index (χ4v) is 5.16. The van der Waals surface area contributed by atoms with E-state index >= 15 is 0 Å². The third kappa shape index (κ3) is 5.13. The molecule has 3 heterocycles. The summed E-state index contributed by atoms with van der Waals surface area (Å²) in [4.78, 5) is 34.7. The molecule has 202 valence electrons. The standard InChI is InChI=1S/C19H12ClFN2O2.C11H9ClFNO/c1-10(23-18(24)13-4-2-3-5-14(13)19(23)25)15-8-11-6-7-12(21)9-16(11)22-17(15)20;1-6(15)9-4-7-2-3-8(13)5-10(7)14-11(9)12/h2-10H,1H3;2-6,15H,1H3/t10-;6-/m01/s1. The number of pyridine rings is 2. The summed E-state index contributed by atoms with van der Waals surface area (Å²) in [6.07, 6.45) is -0.681. The molecule has 0 radical (unpaired) electrons. The Balaban J connectivity index is 0.000000184. The number of rotatable bonds is 3. The zero-order valence-electron chi connectivity index (χ0n) is 21.2. The van der Waals surface area contributed by atoms with E-state index in [0.717, 1.165) is 5.39 Å². The van der Waals surface area contributed by atoms with Gasteiger partial charge in [-0.1, -0.05) is 35.3 Å². The summed E-state index contributed by atoms with van der Waals surface area (Å²) >= 11 is 12.1. The Hall–Kier alpha value is -3.98. The van der Waals surface area contributed by atoms with Crippen LogP contribution in [0.5, 0.6) is 0 Å². The van der Waals surface area contributed by atoms with Gasteiger partial charge in [-0.25, -0.2) is 18.7 Å². The lowest BCUT2D eigenvalue weighted by atomic mass is 10.1. The number of fused-ring (bicyclic) bond motifs is 3. The maximum atomic E-state index is 13.3. The fourth-order valence-electron chi connectivity index (χ4n) is 4.55. The van der Waals surface area contributed by atoms with Crippen molar-refractivity contribution in [1.82, 2.24) is 14.9 Å². The number of aliphatic hydroxyl groups excluding tert-OH is 1. The first kappa shape index (κ1) is 27.6. The summed E-state index contributed by atoms with van der Waals surface area (Å²) < 4.78 is 26.2. The van der Waals surface area contributed by atoms with Gasteiger partial charge in [0, 0.05) is 34.0 Å². The Morgan fingerprint density at radius 2 is 1.18 bits per heavy atom. The SMILES string of the molecule is C[C@@H](O)c1cc2ccc(F)cc2nc1Cl.C[C@@H](c1cc2ccc(F)cc2nc1Cl)N1C(=O)c2ccccc2C1=O. The predicted octanol–water partition coefficient (Wildman–Crippen LogP) is 7.47. The molecule has 1 N–H and O–H groups in total. The molecule has 1 aliphatic heterocycles. The van der Waals surface area contributed by atoms with E-state index in [9.17, 15) is 23.5 Å². The van der Waals surface area contributed by atoms with Crippen molar-refractivity contribution in [3.63, 3.8) is 0 Å². The zero-order valence-corrected chi connectivity index (χ0v) is 22.7. The van der Waals surface area contributed by atoms with Crippen molar-refractivity contribution in [3.05, 3.63) is 117 Å². The fraction of sp³-hybridized carbons (Fsp3) is 0.133. The van der Waals surface area contributed by atoms with Crippen molar-refractivity contribution in [1.29, 1.82) is 0 Å². The van der Waals surface area contributed by atoms with E-state index in [1.54, 1.807) is 62.4 Å². The Labute approximate surface area is 237 Å². The molecule has 0 saturated heterocycles.